The van der Waals surface area contributed by atoms with Gasteiger partial charge in [0.05, 0.1) is 19.8 Å². The number of esters is 2. The van der Waals surface area contributed by atoms with Crippen molar-refractivity contribution in [2.45, 2.75) is 350 Å². The monoisotopic (exact) mass is 1190 g/mol. The molecule has 1 rings (SSSR count). The fraction of sp³-hybridized carbons (Fsp3) is 0.875. The normalized spacial score (nSPS) is 11.3. The van der Waals surface area contributed by atoms with E-state index in [0.717, 1.165) is 129 Å². The lowest BCUT2D eigenvalue weighted by atomic mass is 9.92. The number of nitrogens with one attached hydrogen (secondary N) is 2. The second kappa shape index (κ2) is 61.2. The molecular formula is C72H135N3O9. The van der Waals surface area contributed by atoms with Crippen molar-refractivity contribution in [2.24, 2.45) is 5.92 Å². The molecule has 0 aliphatic rings. The SMILES string of the molecule is CCCCCCC(=CC(=O)OCC)CCCCCC.CCCCCCCCC(CCCCCCCC)OC(=O)CCCCCCCN(CCCCCCOC(=O)OCCC(CCCCCC)CCCCCC)CCCNc1c(NC)c(=O)c1=O. The third-order valence-corrected chi connectivity index (χ3v) is 16.6. The molecule has 0 aliphatic carbocycles. The van der Waals surface area contributed by atoms with Gasteiger partial charge in [0.15, 0.2) is 0 Å². The van der Waals surface area contributed by atoms with Crippen molar-refractivity contribution in [1.29, 1.82) is 0 Å². The lowest BCUT2D eigenvalue weighted by Crippen LogP contribution is -2.37. The van der Waals surface area contributed by atoms with E-state index < -0.39 is 17.0 Å². The van der Waals surface area contributed by atoms with Crippen LogP contribution >= 0.6 is 0 Å². The van der Waals surface area contributed by atoms with Crippen molar-refractivity contribution in [1.82, 2.24) is 4.90 Å². The minimum Gasteiger partial charge on any atom is -0.463 e. The molecule has 0 amide bonds. The van der Waals surface area contributed by atoms with Crippen molar-refractivity contribution in [3.8, 4) is 0 Å². The Bertz CT molecular complexity index is 1700. The van der Waals surface area contributed by atoms with E-state index in [0.29, 0.717) is 50.1 Å². The fourth-order valence-electron chi connectivity index (χ4n) is 11.2. The predicted molar refractivity (Wildman–Crippen MR) is 358 cm³/mol. The standard InChI is InChI=1S/C55H103N3O7.C17H32O2/c1-6-10-14-18-21-29-38-49(39-30-22-19-15-11-7-2)65-50(59)40-31-23-20-24-32-43-58(45-35-42-57-52-51(56-5)53(60)54(52)61)44-33-25-26-34-46-63-55(62)64-47-41-48(36-27-16-12-8-3)37-28-17-13-9-4;1-4-7-9-11-13-16(14-12-10-8-5-2)15-17(18)19-6-3/h48-49,56-57H,6-47H2,1-5H3;15H,4-14H2,1-3H3. The highest BCUT2D eigenvalue weighted by molar-refractivity contribution is 5.82. The molecule has 1 aromatic rings. The fourth-order valence-corrected chi connectivity index (χ4v) is 11.2. The van der Waals surface area contributed by atoms with Gasteiger partial charge in [-0.1, -0.05) is 246 Å². The molecule has 0 spiro atoms. The maximum absolute atomic E-state index is 12.9. The molecule has 2 N–H and O–H groups in total. The number of hydrogen-bond donors (Lipinski definition) is 2. The van der Waals surface area contributed by atoms with Gasteiger partial charge >= 0.3 is 18.1 Å². The lowest BCUT2D eigenvalue weighted by molar-refractivity contribution is -0.150. The third-order valence-electron chi connectivity index (χ3n) is 16.6. The zero-order valence-electron chi connectivity index (χ0n) is 56.3. The molecule has 0 radical (unpaired) electrons. The molecule has 0 atom stereocenters. The minimum absolute atomic E-state index is 0.0101. The maximum Gasteiger partial charge on any atom is 0.508 e. The molecule has 0 saturated heterocycles. The van der Waals surface area contributed by atoms with Gasteiger partial charge in [0.25, 0.3) is 10.9 Å². The highest BCUT2D eigenvalue weighted by Crippen LogP contribution is 2.23. The molecule has 0 heterocycles. The van der Waals surface area contributed by atoms with Gasteiger partial charge in [-0.2, -0.15) is 0 Å². The number of nitrogens with zero attached hydrogens (tertiary/aromatic N) is 1. The highest BCUT2D eigenvalue weighted by Gasteiger charge is 2.19. The number of ether oxygens (including phenoxy) is 4. The van der Waals surface area contributed by atoms with Crippen LogP contribution in [-0.2, 0) is 28.5 Å². The Morgan fingerprint density at radius 3 is 1.35 bits per heavy atom. The zero-order valence-corrected chi connectivity index (χ0v) is 56.3. The number of carbonyl (C=O) groups excluding carboxylic acids is 3. The lowest BCUT2D eigenvalue weighted by Gasteiger charge is -2.23. The molecule has 84 heavy (non-hydrogen) atoms. The molecule has 1 aromatic carbocycles. The molecule has 0 aromatic heterocycles. The number of unbranched alkanes of at least 4 members (excludes halogenated alkanes) is 29. The number of carbonyl (C=O) groups is 3. The van der Waals surface area contributed by atoms with Gasteiger partial charge in [-0.15, -0.1) is 0 Å². The Morgan fingerprint density at radius 1 is 0.429 bits per heavy atom. The Hall–Kier alpha value is -3.41. The van der Waals surface area contributed by atoms with E-state index in [9.17, 15) is 24.0 Å². The summed E-state index contributed by atoms with van der Waals surface area (Å²) in [6.07, 6.45) is 54.9. The summed E-state index contributed by atoms with van der Waals surface area (Å²) in [5, 5.41) is 6.01. The first-order valence-electron chi connectivity index (χ1n) is 35.9. The Kier molecular flexibility index (Phi) is 58.8. The van der Waals surface area contributed by atoms with Crippen LogP contribution in [0.3, 0.4) is 0 Å². The summed E-state index contributed by atoms with van der Waals surface area (Å²) in [5.41, 5.74) is 1.19. The van der Waals surface area contributed by atoms with E-state index >= 15 is 0 Å². The largest absolute Gasteiger partial charge is 0.508 e. The Morgan fingerprint density at radius 2 is 0.833 bits per heavy atom. The topological polar surface area (TPSA) is 150 Å². The van der Waals surface area contributed by atoms with Gasteiger partial charge in [-0.25, -0.2) is 9.59 Å². The van der Waals surface area contributed by atoms with Crippen LogP contribution in [0.15, 0.2) is 21.2 Å². The number of allylic oxidation sites excluding steroid dienone is 1. The summed E-state index contributed by atoms with van der Waals surface area (Å²) in [7, 11) is 1.67. The van der Waals surface area contributed by atoms with Crippen molar-refractivity contribution in [2.75, 3.05) is 63.7 Å². The summed E-state index contributed by atoms with van der Waals surface area (Å²) in [6.45, 7) is 20.2. The van der Waals surface area contributed by atoms with Crippen LogP contribution in [0.5, 0.6) is 0 Å². The summed E-state index contributed by atoms with van der Waals surface area (Å²) >= 11 is 0. The second-order valence-corrected chi connectivity index (χ2v) is 24.4. The van der Waals surface area contributed by atoms with Crippen LogP contribution in [0.25, 0.3) is 0 Å². The van der Waals surface area contributed by atoms with Crippen molar-refractivity contribution < 1.29 is 33.3 Å². The molecule has 0 aliphatic heterocycles. The van der Waals surface area contributed by atoms with Crippen LogP contribution in [0, 0.1) is 5.92 Å². The molecule has 12 nitrogen and oxygen atoms in total. The van der Waals surface area contributed by atoms with Gasteiger partial charge in [-0.05, 0) is 122 Å². The van der Waals surface area contributed by atoms with Gasteiger partial charge < -0.3 is 34.5 Å². The van der Waals surface area contributed by atoms with Crippen LogP contribution in [0.1, 0.15) is 344 Å². The Balaban J connectivity index is 0.00000307. The smallest absolute Gasteiger partial charge is 0.463 e. The van der Waals surface area contributed by atoms with Gasteiger partial charge in [0, 0.05) is 26.1 Å². The molecular weight excluding hydrogens is 1050 g/mol. The third kappa shape index (κ3) is 48.7. The molecule has 0 saturated carbocycles. The number of hydrogen-bond acceptors (Lipinski definition) is 12. The van der Waals surface area contributed by atoms with E-state index in [1.807, 2.05) is 6.92 Å². The molecule has 12 heteroatoms. The van der Waals surface area contributed by atoms with Gasteiger partial charge in [0.1, 0.15) is 17.5 Å². The van der Waals surface area contributed by atoms with Gasteiger partial charge in [-0.3, -0.25) is 14.4 Å². The average molecular weight is 1190 g/mol. The number of anilines is 2. The van der Waals surface area contributed by atoms with E-state index in [1.165, 1.54) is 185 Å². The maximum atomic E-state index is 12.9. The molecule has 492 valence electrons. The quantitative estimate of drug-likeness (QED) is 0.0210. The summed E-state index contributed by atoms with van der Waals surface area (Å²) in [5.74, 6) is 0.459. The molecule has 0 bridgehead atoms. The predicted octanol–water partition coefficient (Wildman–Crippen LogP) is 20.3. The van der Waals surface area contributed by atoms with Crippen LogP contribution in [0.2, 0.25) is 0 Å². The first-order valence-corrected chi connectivity index (χ1v) is 35.9. The van der Waals surface area contributed by atoms with E-state index in [4.69, 9.17) is 18.9 Å². The summed E-state index contributed by atoms with van der Waals surface area (Å²) in [4.78, 5) is 63.1. The zero-order chi connectivity index (χ0) is 61.8. The highest BCUT2D eigenvalue weighted by atomic mass is 16.7. The van der Waals surface area contributed by atoms with Gasteiger partial charge in [0.2, 0.25) is 0 Å². The van der Waals surface area contributed by atoms with E-state index in [2.05, 4.69) is 57.1 Å². The Labute approximate surface area is 517 Å². The summed E-state index contributed by atoms with van der Waals surface area (Å²) < 4.78 is 22.0. The molecule has 0 unspecified atom stereocenters. The first-order chi connectivity index (χ1) is 41.0. The van der Waals surface area contributed by atoms with E-state index in [-0.39, 0.29) is 18.0 Å². The minimum atomic E-state index is -0.530. The first kappa shape index (κ1) is 80.6. The van der Waals surface area contributed by atoms with Crippen molar-refractivity contribution in [3.05, 3.63) is 32.1 Å². The molecule has 0 fully saturated rings. The average Bonchev–Trinajstić information content (AvgIpc) is 3.64. The van der Waals surface area contributed by atoms with Crippen LogP contribution in [0.4, 0.5) is 16.2 Å². The second-order valence-electron chi connectivity index (χ2n) is 24.4. The number of rotatable bonds is 61. The van der Waals surface area contributed by atoms with Crippen molar-refractivity contribution >= 4 is 29.5 Å². The summed E-state index contributed by atoms with van der Waals surface area (Å²) in [6, 6.07) is 0. The van der Waals surface area contributed by atoms with Crippen LogP contribution < -0.4 is 21.5 Å². The van der Waals surface area contributed by atoms with Crippen LogP contribution in [-0.4, -0.2) is 82.1 Å². The van der Waals surface area contributed by atoms with E-state index in [1.54, 1.807) is 13.1 Å². The van der Waals surface area contributed by atoms with Crippen molar-refractivity contribution in [3.63, 3.8) is 0 Å².